The van der Waals surface area contributed by atoms with Crippen LogP contribution in [0.1, 0.15) is 5.69 Å². The topological polar surface area (TPSA) is 70.2 Å². The molecular formula is C7H6FNO3. The molecule has 0 saturated heterocycles. The van der Waals surface area contributed by atoms with Crippen molar-refractivity contribution in [3.05, 3.63) is 34.0 Å². The Labute approximate surface area is 66.7 Å². The molecule has 0 unspecified atom stereocenters. The molecule has 4 nitrogen and oxygen atoms in total. The first-order valence-electron chi connectivity index (χ1n) is 3.18. The van der Waals surface area contributed by atoms with Crippen molar-refractivity contribution in [2.45, 2.75) is 6.42 Å². The SMILES string of the molecule is O=C(O)Cc1cc(=O)c(F)c[nH]1. The highest BCUT2D eigenvalue weighted by Gasteiger charge is 2.03. The van der Waals surface area contributed by atoms with Gasteiger partial charge in [-0.2, -0.15) is 0 Å². The number of rotatable bonds is 2. The fourth-order valence-electron chi connectivity index (χ4n) is 0.761. The molecule has 0 aromatic carbocycles. The summed E-state index contributed by atoms with van der Waals surface area (Å²) in [6.45, 7) is 0. The Bertz CT molecular complexity index is 358. The van der Waals surface area contributed by atoms with Gasteiger partial charge in [0.1, 0.15) is 0 Å². The second-order valence-corrected chi connectivity index (χ2v) is 2.24. The van der Waals surface area contributed by atoms with Crippen LogP contribution in [0.2, 0.25) is 0 Å². The van der Waals surface area contributed by atoms with Crippen LogP contribution in [0.15, 0.2) is 17.1 Å². The van der Waals surface area contributed by atoms with E-state index in [1.54, 1.807) is 0 Å². The van der Waals surface area contributed by atoms with Crippen LogP contribution in [-0.4, -0.2) is 16.1 Å². The van der Waals surface area contributed by atoms with E-state index < -0.39 is 17.2 Å². The van der Waals surface area contributed by atoms with E-state index >= 15 is 0 Å². The molecule has 1 aromatic heterocycles. The predicted octanol–water partition coefficient (Wildman–Crippen LogP) is 0.141. The zero-order chi connectivity index (χ0) is 9.14. The molecule has 0 bridgehead atoms. The third kappa shape index (κ3) is 1.91. The highest BCUT2D eigenvalue weighted by Crippen LogP contribution is 1.93. The van der Waals surface area contributed by atoms with E-state index in [0.717, 1.165) is 12.3 Å². The van der Waals surface area contributed by atoms with Crippen LogP contribution in [0.3, 0.4) is 0 Å². The average molecular weight is 171 g/mol. The van der Waals surface area contributed by atoms with Crippen LogP contribution in [0.5, 0.6) is 0 Å². The van der Waals surface area contributed by atoms with Gasteiger partial charge in [-0.15, -0.1) is 0 Å². The number of nitrogens with one attached hydrogen (secondary N) is 1. The lowest BCUT2D eigenvalue weighted by Crippen LogP contribution is -2.10. The van der Waals surface area contributed by atoms with E-state index in [-0.39, 0.29) is 12.1 Å². The lowest BCUT2D eigenvalue weighted by molar-refractivity contribution is -0.136. The maximum atomic E-state index is 12.3. The monoisotopic (exact) mass is 171 g/mol. The van der Waals surface area contributed by atoms with Crippen molar-refractivity contribution in [2.24, 2.45) is 0 Å². The zero-order valence-electron chi connectivity index (χ0n) is 6.00. The van der Waals surface area contributed by atoms with Gasteiger partial charge in [-0.3, -0.25) is 9.59 Å². The lowest BCUT2D eigenvalue weighted by Gasteiger charge is -1.95. The smallest absolute Gasteiger partial charge is 0.309 e. The minimum Gasteiger partial charge on any atom is -0.481 e. The first-order chi connectivity index (χ1) is 5.59. The van der Waals surface area contributed by atoms with Gasteiger partial charge in [0.05, 0.1) is 6.42 Å². The molecular weight excluding hydrogens is 165 g/mol. The normalized spacial score (nSPS) is 9.75. The van der Waals surface area contributed by atoms with E-state index in [1.807, 2.05) is 0 Å². The summed E-state index contributed by atoms with van der Waals surface area (Å²) in [7, 11) is 0. The van der Waals surface area contributed by atoms with Crippen molar-refractivity contribution >= 4 is 5.97 Å². The summed E-state index contributed by atoms with van der Waals surface area (Å²) in [5, 5.41) is 8.31. The Morgan fingerprint density at radius 3 is 2.83 bits per heavy atom. The van der Waals surface area contributed by atoms with E-state index in [1.165, 1.54) is 0 Å². The van der Waals surface area contributed by atoms with Gasteiger partial charge >= 0.3 is 5.97 Å². The highest BCUT2D eigenvalue weighted by molar-refractivity contribution is 5.69. The number of carboxylic acids is 1. The molecule has 1 rings (SSSR count). The van der Waals surface area contributed by atoms with E-state index in [4.69, 9.17) is 5.11 Å². The maximum Gasteiger partial charge on any atom is 0.309 e. The summed E-state index contributed by atoms with van der Waals surface area (Å²) in [5.41, 5.74) is -0.612. The fraction of sp³-hybridized carbons (Fsp3) is 0.143. The third-order valence-electron chi connectivity index (χ3n) is 1.27. The Morgan fingerprint density at radius 1 is 1.67 bits per heavy atom. The number of aromatic nitrogens is 1. The molecule has 64 valence electrons. The number of hydrogen-bond donors (Lipinski definition) is 2. The minimum atomic E-state index is -1.07. The number of carboxylic acid groups (broad SMARTS) is 1. The summed E-state index contributed by atoms with van der Waals surface area (Å²) >= 11 is 0. The summed E-state index contributed by atoms with van der Waals surface area (Å²) < 4.78 is 12.3. The standard InChI is InChI=1S/C7H6FNO3/c8-5-3-9-4(1-6(5)10)2-7(11)12/h1,3H,2H2,(H,9,10)(H,11,12). The second-order valence-electron chi connectivity index (χ2n) is 2.24. The average Bonchev–Trinajstić information content (AvgIpc) is 1.96. The summed E-state index contributed by atoms with van der Waals surface area (Å²) in [4.78, 5) is 23.1. The third-order valence-corrected chi connectivity index (χ3v) is 1.27. The molecule has 0 fully saturated rings. The van der Waals surface area contributed by atoms with Crippen LogP contribution in [0.4, 0.5) is 4.39 Å². The van der Waals surface area contributed by atoms with Crippen molar-refractivity contribution in [3.8, 4) is 0 Å². The molecule has 0 saturated carbocycles. The number of H-pyrrole nitrogens is 1. The Balaban J connectivity index is 2.97. The first-order valence-corrected chi connectivity index (χ1v) is 3.18. The molecule has 0 aliphatic carbocycles. The first kappa shape index (κ1) is 8.45. The highest BCUT2D eigenvalue weighted by atomic mass is 19.1. The Morgan fingerprint density at radius 2 is 2.33 bits per heavy atom. The minimum absolute atomic E-state index is 0.189. The molecule has 0 aliphatic rings. The van der Waals surface area contributed by atoms with Crippen LogP contribution in [-0.2, 0) is 11.2 Å². The van der Waals surface area contributed by atoms with Crippen molar-refractivity contribution in [1.29, 1.82) is 0 Å². The van der Waals surface area contributed by atoms with E-state index in [2.05, 4.69) is 4.98 Å². The van der Waals surface area contributed by atoms with Crippen molar-refractivity contribution in [2.75, 3.05) is 0 Å². The zero-order valence-corrected chi connectivity index (χ0v) is 6.00. The molecule has 0 aliphatic heterocycles. The van der Waals surface area contributed by atoms with Gasteiger partial charge in [0.2, 0.25) is 5.43 Å². The maximum absolute atomic E-state index is 12.3. The summed E-state index contributed by atoms with van der Waals surface area (Å²) in [5.74, 6) is -1.98. The predicted molar refractivity (Wildman–Crippen MR) is 38.4 cm³/mol. The Kier molecular flexibility index (Phi) is 2.23. The van der Waals surface area contributed by atoms with E-state index in [9.17, 15) is 14.0 Å². The van der Waals surface area contributed by atoms with Crippen molar-refractivity contribution in [3.63, 3.8) is 0 Å². The van der Waals surface area contributed by atoms with Crippen LogP contribution < -0.4 is 5.43 Å². The number of halogens is 1. The largest absolute Gasteiger partial charge is 0.481 e. The molecule has 1 heterocycles. The van der Waals surface area contributed by atoms with Crippen LogP contribution in [0.25, 0.3) is 0 Å². The molecule has 5 heteroatoms. The number of hydrogen-bond acceptors (Lipinski definition) is 2. The second kappa shape index (κ2) is 3.17. The fourth-order valence-corrected chi connectivity index (χ4v) is 0.761. The molecule has 12 heavy (non-hydrogen) atoms. The lowest BCUT2D eigenvalue weighted by atomic mass is 10.3. The molecule has 0 amide bonds. The Hall–Kier alpha value is -1.65. The summed E-state index contributed by atoms with van der Waals surface area (Å²) in [6.07, 6.45) is 0.538. The van der Waals surface area contributed by atoms with E-state index in [0.29, 0.717) is 0 Å². The molecule has 1 aromatic rings. The van der Waals surface area contributed by atoms with Crippen molar-refractivity contribution < 1.29 is 14.3 Å². The van der Waals surface area contributed by atoms with Gasteiger partial charge in [-0.1, -0.05) is 0 Å². The number of aliphatic carboxylic acids is 1. The molecule has 2 N–H and O–H groups in total. The van der Waals surface area contributed by atoms with Gasteiger partial charge in [0, 0.05) is 18.0 Å². The molecule has 0 spiro atoms. The van der Waals surface area contributed by atoms with Gasteiger partial charge in [-0.05, 0) is 0 Å². The number of aromatic amines is 1. The van der Waals surface area contributed by atoms with Crippen molar-refractivity contribution in [1.82, 2.24) is 4.98 Å². The van der Waals surface area contributed by atoms with Crippen LogP contribution >= 0.6 is 0 Å². The van der Waals surface area contributed by atoms with Crippen LogP contribution in [0, 0.1) is 5.82 Å². The quantitative estimate of drug-likeness (QED) is 0.664. The number of carbonyl (C=O) groups is 1. The van der Waals surface area contributed by atoms with Gasteiger partial charge in [-0.25, -0.2) is 4.39 Å². The number of pyridine rings is 1. The van der Waals surface area contributed by atoms with Gasteiger partial charge < -0.3 is 10.1 Å². The molecule has 0 radical (unpaired) electrons. The van der Waals surface area contributed by atoms with Gasteiger partial charge in [0.15, 0.2) is 5.82 Å². The molecule has 0 atom stereocenters. The summed E-state index contributed by atoms with van der Waals surface area (Å²) in [6, 6.07) is 0.934. The van der Waals surface area contributed by atoms with Gasteiger partial charge in [0.25, 0.3) is 0 Å².